The molecule has 7 rings (SSSR count). The standard InChI is InChI=1S/C59H65NO18/c1-9-10-30-72-53(66)39-26-28-40(29-27-39)75-56(69)77-49(46(36-20-14-11-15-21-36)60-52(65)37-22-16-12-17-23-37)55(68)76-42-32-59(70)51(78-54(67)38-24-18-13-19-25-38)45-47(73-34(3)61)41(71-8)31-43(63)58(45,7)50(64)48(74-35(4)62)44(33(42)2)57(59,5)6/h11-29,41-43,45-49,51,63,70H,9-10,30-32H2,1-8H3,(H,60,65)/t41-,42+,43+,45+,46+,47+,48-,49-,51+,58-,59-/m1/s1. The number of benzene rings is 4. The van der Waals surface area contributed by atoms with E-state index in [1.807, 2.05) is 6.92 Å². The van der Waals surface area contributed by atoms with E-state index in [1.54, 1.807) is 66.7 Å². The predicted octanol–water partition coefficient (Wildman–Crippen LogP) is 7.16. The molecule has 2 bridgehead atoms. The minimum atomic E-state index is -2.53. The predicted molar refractivity (Wildman–Crippen MR) is 276 cm³/mol. The number of rotatable bonds is 17. The third-order valence-corrected chi connectivity index (χ3v) is 15.2. The summed E-state index contributed by atoms with van der Waals surface area (Å²) in [6.07, 6.45) is -12.9. The van der Waals surface area contributed by atoms with Gasteiger partial charge in [0.05, 0.1) is 41.3 Å². The van der Waals surface area contributed by atoms with Crippen molar-refractivity contribution in [3.63, 3.8) is 0 Å². The van der Waals surface area contributed by atoms with Crippen LogP contribution in [0.2, 0.25) is 0 Å². The van der Waals surface area contributed by atoms with Crippen molar-refractivity contribution in [2.45, 2.75) is 129 Å². The van der Waals surface area contributed by atoms with Crippen LogP contribution in [0.15, 0.2) is 126 Å². The first kappa shape index (κ1) is 58.0. The number of Topliss-reactive ketones (excluding diaryl/α,β-unsaturated/α-hetero) is 1. The number of aliphatic hydroxyl groups excluding tert-OH is 1. The molecule has 0 saturated heterocycles. The second-order valence-electron chi connectivity index (χ2n) is 20.4. The van der Waals surface area contributed by atoms with Crippen molar-refractivity contribution in [1.29, 1.82) is 0 Å². The third-order valence-electron chi connectivity index (χ3n) is 15.2. The van der Waals surface area contributed by atoms with Crippen LogP contribution >= 0.6 is 0 Å². The van der Waals surface area contributed by atoms with Crippen LogP contribution in [0, 0.1) is 16.7 Å². The fourth-order valence-corrected chi connectivity index (χ4v) is 11.0. The minimum Gasteiger partial charge on any atom is -0.462 e. The van der Waals surface area contributed by atoms with E-state index in [4.69, 9.17) is 37.9 Å². The van der Waals surface area contributed by atoms with Crippen molar-refractivity contribution in [3.05, 3.63) is 149 Å². The van der Waals surface area contributed by atoms with Crippen molar-refractivity contribution in [2.75, 3.05) is 13.7 Å². The normalized spacial score (nSPS) is 26.0. The number of methoxy groups -OCH3 is 1. The van der Waals surface area contributed by atoms with Crippen LogP contribution in [0.1, 0.15) is 117 Å². The van der Waals surface area contributed by atoms with E-state index in [-0.39, 0.29) is 52.2 Å². The van der Waals surface area contributed by atoms with Crippen molar-refractivity contribution < 1.29 is 86.5 Å². The topological polar surface area (TPSA) is 263 Å². The molecule has 2 saturated carbocycles. The van der Waals surface area contributed by atoms with E-state index in [9.17, 15) is 39.0 Å². The maximum absolute atomic E-state index is 15.7. The molecular formula is C59H65NO18. The number of carbonyl (C=O) groups excluding carboxylic acids is 8. The van der Waals surface area contributed by atoms with Gasteiger partial charge >= 0.3 is 36.0 Å². The molecule has 0 radical (unpaired) electrons. The number of hydrogen-bond donors (Lipinski definition) is 3. The first-order valence-corrected chi connectivity index (χ1v) is 25.6. The molecule has 1 amide bonds. The Hall–Kier alpha value is -7.74. The summed E-state index contributed by atoms with van der Waals surface area (Å²) in [4.78, 5) is 113. The van der Waals surface area contributed by atoms with Crippen molar-refractivity contribution in [2.24, 2.45) is 16.7 Å². The van der Waals surface area contributed by atoms with Crippen LogP contribution in [0.3, 0.4) is 0 Å². The van der Waals surface area contributed by atoms with Crippen molar-refractivity contribution in [3.8, 4) is 5.75 Å². The van der Waals surface area contributed by atoms with Crippen LogP contribution in [0.5, 0.6) is 5.75 Å². The zero-order valence-corrected chi connectivity index (χ0v) is 44.6. The van der Waals surface area contributed by atoms with Gasteiger partial charge in [0.2, 0.25) is 6.10 Å². The molecule has 3 aliphatic rings. The smallest absolute Gasteiger partial charge is 0.462 e. The van der Waals surface area contributed by atoms with Crippen LogP contribution in [-0.2, 0) is 52.3 Å². The summed E-state index contributed by atoms with van der Waals surface area (Å²) < 4.78 is 47.2. The molecule has 0 spiro atoms. The fraction of sp³-hybridized carbons (Fsp3) is 0.424. The van der Waals surface area contributed by atoms with Gasteiger partial charge in [-0.15, -0.1) is 0 Å². The Morgan fingerprint density at radius 1 is 0.744 bits per heavy atom. The maximum Gasteiger partial charge on any atom is 0.514 e. The van der Waals surface area contributed by atoms with E-state index in [0.717, 1.165) is 20.3 Å². The monoisotopic (exact) mass is 1080 g/mol. The van der Waals surface area contributed by atoms with Gasteiger partial charge in [-0.3, -0.25) is 19.2 Å². The lowest BCUT2D eigenvalue weighted by molar-refractivity contribution is -0.256. The molecule has 414 valence electrons. The summed E-state index contributed by atoms with van der Waals surface area (Å²) in [5.41, 5.74) is -5.89. The number of esters is 5. The van der Waals surface area contributed by atoms with E-state index >= 15 is 9.59 Å². The maximum atomic E-state index is 15.7. The molecule has 19 nitrogen and oxygen atoms in total. The number of amides is 1. The van der Waals surface area contributed by atoms with Gasteiger partial charge in [0.15, 0.2) is 11.9 Å². The lowest BCUT2D eigenvalue weighted by Crippen LogP contribution is -2.74. The highest BCUT2D eigenvalue weighted by Crippen LogP contribution is 2.61. The van der Waals surface area contributed by atoms with Gasteiger partial charge in [-0.25, -0.2) is 19.2 Å². The quantitative estimate of drug-likeness (QED) is 0.0311. The average Bonchev–Trinajstić information content (AvgIpc) is 3.20. The Morgan fingerprint density at radius 3 is 1.90 bits per heavy atom. The van der Waals surface area contributed by atoms with Crippen LogP contribution in [-0.4, -0.2) is 120 Å². The summed E-state index contributed by atoms with van der Waals surface area (Å²) in [6.45, 7) is 10.2. The van der Waals surface area contributed by atoms with Crippen LogP contribution < -0.4 is 10.1 Å². The lowest BCUT2D eigenvalue weighted by atomic mass is 9.47. The summed E-state index contributed by atoms with van der Waals surface area (Å²) in [6, 6.07) is 27.5. The van der Waals surface area contributed by atoms with Gasteiger partial charge in [-0.05, 0) is 85.5 Å². The molecule has 3 N–H and O–H groups in total. The van der Waals surface area contributed by atoms with Gasteiger partial charge in [0.25, 0.3) is 5.91 Å². The van der Waals surface area contributed by atoms with Gasteiger partial charge in [0, 0.05) is 44.8 Å². The summed E-state index contributed by atoms with van der Waals surface area (Å²) in [7, 11) is 1.29. The number of hydrogen-bond acceptors (Lipinski definition) is 18. The van der Waals surface area contributed by atoms with E-state index < -0.39 is 125 Å². The molecule has 4 aromatic rings. The molecule has 11 atom stereocenters. The van der Waals surface area contributed by atoms with Crippen LogP contribution in [0.4, 0.5) is 4.79 Å². The first-order valence-electron chi connectivity index (χ1n) is 25.6. The third kappa shape index (κ3) is 11.9. The molecule has 0 unspecified atom stereocenters. The Morgan fingerprint density at radius 2 is 1.32 bits per heavy atom. The summed E-state index contributed by atoms with van der Waals surface area (Å²) in [5.74, 6) is -8.15. The minimum absolute atomic E-state index is 0.0124. The molecule has 3 aliphatic carbocycles. The van der Waals surface area contributed by atoms with Crippen molar-refractivity contribution in [1.82, 2.24) is 5.32 Å². The van der Waals surface area contributed by atoms with E-state index in [1.165, 1.54) is 83.3 Å². The number of unbranched alkanes of at least 4 members (excludes halogenated alkanes) is 1. The molecule has 0 aliphatic heterocycles. The zero-order chi connectivity index (χ0) is 56.7. The number of ether oxygens (including phenoxy) is 8. The number of carbonyl (C=O) groups is 8. The first-order chi connectivity index (χ1) is 37.1. The van der Waals surface area contributed by atoms with Crippen molar-refractivity contribution >= 4 is 47.7 Å². The second kappa shape index (κ2) is 24.3. The molecule has 0 heterocycles. The molecule has 4 aromatic carbocycles. The highest BCUT2D eigenvalue weighted by molar-refractivity contribution is 5.96. The number of fused-ring (bicyclic) bond motifs is 3. The second-order valence-corrected chi connectivity index (χ2v) is 20.4. The summed E-state index contributed by atoms with van der Waals surface area (Å²) in [5, 5.41) is 29.0. The number of aliphatic hydroxyl groups is 2. The molecule has 19 heteroatoms. The van der Waals surface area contributed by atoms with Gasteiger partial charge in [0.1, 0.15) is 35.7 Å². The number of ketones is 1. The highest BCUT2D eigenvalue weighted by Gasteiger charge is 2.72. The Balaban J connectivity index is 1.38. The van der Waals surface area contributed by atoms with Gasteiger partial charge < -0.3 is 53.4 Å². The Bertz CT molecular complexity index is 2890. The molecule has 78 heavy (non-hydrogen) atoms. The molecule has 2 fully saturated rings. The summed E-state index contributed by atoms with van der Waals surface area (Å²) >= 11 is 0. The largest absolute Gasteiger partial charge is 0.514 e. The van der Waals surface area contributed by atoms with E-state index in [2.05, 4.69) is 5.32 Å². The Labute approximate surface area is 451 Å². The van der Waals surface area contributed by atoms with Crippen LogP contribution in [0.25, 0.3) is 0 Å². The fourth-order valence-electron chi connectivity index (χ4n) is 11.0. The number of nitrogens with one attached hydrogen (secondary N) is 1. The Kier molecular flexibility index (Phi) is 18.0. The average molecular weight is 1080 g/mol. The van der Waals surface area contributed by atoms with Gasteiger partial charge in [-0.1, -0.05) is 93.9 Å². The lowest BCUT2D eigenvalue weighted by Gasteiger charge is -2.62. The zero-order valence-electron chi connectivity index (χ0n) is 44.6. The van der Waals surface area contributed by atoms with Gasteiger partial charge in [-0.2, -0.15) is 0 Å². The SMILES string of the molecule is CCCCOC(=O)c1ccc(OC(=O)O[C@@H](C(=O)O[C@H]2C[C@@]3(O)[C@@H](OC(=O)c4ccccc4)[C@@H]4[C@@H](OC(C)=O)[C@H](OC)C[C@H](O)[C@@]4(C)C(=O)[C@H](OC(C)=O)C(=C2C)C3(C)C)[C@@H](NC(=O)c2ccccc2)c2ccccc2)cc1. The molecule has 0 aromatic heterocycles. The molecular weight excluding hydrogens is 1010 g/mol. The van der Waals surface area contributed by atoms with E-state index in [0.29, 0.717) is 6.42 Å². The highest BCUT2D eigenvalue weighted by atomic mass is 16.7.